The molecule has 0 radical (unpaired) electrons. The van der Waals surface area contributed by atoms with E-state index in [9.17, 15) is 19.5 Å². The van der Waals surface area contributed by atoms with Crippen molar-refractivity contribution in [2.45, 2.75) is 38.1 Å². The van der Waals surface area contributed by atoms with Crippen molar-refractivity contribution in [2.75, 3.05) is 26.4 Å². The van der Waals surface area contributed by atoms with E-state index in [2.05, 4.69) is 34.9 Å². The number of carboxylic acid groups (broad SMARTS) is 1. The van der Waals surface area contributed by atoms with Crippen LogP contribution in [-0.2, 0) is 19.1 Å². The first-order chi connectivity index (χ1) is 16.4. The molecule has 8 nitrogen and oxygen atoms in total. The number of rotatable bonds is 9. The van der Waals surface area contributed by atoms with E-state index < -0.39 is 23.5 Å². The summed E-state index contributed by atoms with van der Waals surface area (Å²) in [7, 11) is 0. The molecule has 1 fully saturated rings. The molecule has 4 rings (SSSR count). The molecule has 2 aromatic rings. The van der Waals surface area contributed by atoms with Gasteiger partial charge in [-0.1, -0.05) is 55.0 Å². The Labute approximate surface area is 198 Å². The molecule has 0 aliphatic heterocycles. The van der Waals surface area contributed by atoms with Gasteiger partial charge in [-0.2, -0.15) is 0 Å². The van der Waals surface area contributed by atoms with Gasteiger partial charge in [0.15, 0.2) is 0 Å². The number of benzene rings is 2. The monoisotopic (exact) mass is 466 g/mol. The van der Waals surface area contributed by atoms with Crippen LogP contribution in [0.25, 0.3) is 11.1 Å². The van der Waals surface area contributed by atoms with Gasteiger partial charge in [-0.3, -0.25) is 9.59 Å². The summed E-state index contributed by atoms with van der Waals surface area (Å²) >= 11 is 0. The Hall–Kier alpha value is -3.39. The van der Waals surface area contributed by atoms with Crippen molar-refractivity contribution in [2.24, 2.45) is 5.41 Å². The fraction of sp³-hybridized carbons (Fsp3) is 0.423. The van der Waals surface area contributed by atoms with Gasteiger partial charge < -0.3 is 25.2 Å². The van der Waals surface area contributed by atoms with E-state index in [1.165, 1.54) is 11.1 Å². The number of fused-ring (bicyclic) bond motifs is 3. The van der Waals surface area contributed by atoms with Gasteiger partial charge in [0.1, 0.15) is 13.2 Å². The summed E-state index contributed by atoms with van der Waals surface area (Å²) < 4.78 is 10.8. The van der Waals surface area contributed by atoms with Gasteiger partial charge in [0, 0.05) is 18.5 Å². The molecule has 0 aromatic heterocycles. The molecule has 2 unspecified atom stereocenters. The van der Waals surface area contributed by atoms with Crippen molar-refractivity contribution >= 4 is 18.0 Å². The lowest BCUT2D eigenvalue weighted by atomic mass is 9.85. The predicted octanol–water partition coefficient (Wildman–Crippen LogP) is 3.30. The Morgan fingerprint density at radius 2 is 1.71 bits per heavy atom. The first-order valence-electron chi connectivity index (χ1n) is 11.6. The summed E-state index contributed by atoms with van der Waals surface area (Å²) in [6.07, 6.45) is 1.40. The smallest absolute Gasteiger partial charge is 0.407 e. The molecule has 0 spiro atoms. The minimum Gasteiger partial charge on any atom is -0.481 e. The van der Waals surface area contributed by atoms with Crippen LogP contribution in [0.4, 0.5) is 4.79 Å². The number of ether oxygens (including phenoxy) is 2. The molecule has 2 aliphatic carbocycles. The number of alkyl carbamates (subject to hydrolysis) is 1. The molecule has 1 saturated carbocycles. The number of hydrogen-bond donors (Lipinski definition) is 3. The number of hydrogen-bond acceptors (Lipinski definition) is 5. The van der Waals surface area contributed by atoms with Crippen LogP contribution in [0.1, 0.15) is 43.2 Å². The Balaban J connectivity index is 1.16. The Morgan fingerprint density at radius 3 is 2.35 bits per heavy atom. The quantitative estimate of drug-likeness (QED) is 0.489. The van der Waals surface area contributed by atoms with Crippen LogP contribution in [-0.4, -0.2) is 55.5 Å². The lowest BCUT2D eigenvalue weighted by Gasteiger charge is -2.27. The first kappa shape index (κ1) is 23.8. The SMILES string of the molecule is CC1(C(=O)O)CCCC1NC(=O)COCCNC(=O)OCC1c2ccccc2-c2ccccc21. The number of amides is 2. The van der Waals surface area contributed by atoms with Crippen LogP contribution >= 0.6 is 0 Å². The molecular formula is C26H30N2O6. The number of carbonyl (C=O) groups excluding carboxylic acids is 2. The fourth-order valence-electron chi connectivity index (χ4n) is 4.93. The topological polar surface area (TPSA) is 114 Å². The summed E-state index contributed by atoms with van der Waals surface area (Å²) in [4.78, 5) is 35.8. The maximum Gasteiger partial charge on any atom is 0.407 e. The van der Waals surface area contributed by atoms with Crippen LogP contribution < -0.4 is 10.6 Å². The molecule has 0 heterocycles. The van der Waals surface area contributed by atoms with Crippen LogP contribution in [0.2, 0.25) is 0 Å². The lowest BCUT2D eigenvalue weighted by molar-refractivity contribution is -0.149. The zero-order chi connectivity index (χ0) is 24.1. The average molecular weight is 467 g/mol. The summed E-state index contributed by atoms with van der Waals surface area (Å²) in [6.45, 7) is 2.02. The molecule has 2 aromatic carbocycles. The highest BCUT2D eigenvalue weighted by Crippen LogP contribution is 2.44. The molecule has 180 valence electrons. The maximum absolute atomic E-state index is 12.2. The van der Waals surface area contributed by atoms with Crippen LogP contribution in [0, 0.1) is 5.41 Å². The van der Waals surface area contributed by atoms with Gasteiger partial charge in [0.2, 0.25) is 5.91 Å². The highest BCUT2D eigenvalue weighted by atomic mass is 16.5. The van der Waals surface area contributed by atoms with Gasteiger partial charge in [0.05, 0.1) is 12.0 Å². The Bertz CT molecular complexity index is 1030. The third-order valence-corrected chi connectivity index (χ3v) is 6.87. The minimum absolute atomic E-state index is 0.00910. The molecule has 0 bridgehead atoms. The molecule has 2 aliphatic rings. The number of carbonyl (C=O) groups is 3. The summed E-state index contributed by atoms with van der Waals surface area (Å²) in [5, 5.41) is 14.8. The molecule has 3 N–H and O–H groups in total. The maximum atomic E-state index is 12.2. The van der Waals surface area contributed by atoms with Gasteiger partial charge >= 0.3 is 12.1 Å². The third-order valence-electron chi connectivity index (χ3n) is 6.87. The zero-order valence-electron chi connectivity index (χ0n) is 19.2. The number of nitrogens with one attached hydrogen (secondary N) is 2. The van der Waals surface area contributed by atoms with Crippen molar-refractivity contribution < 1.29 is 29.0 Å². The van der Waals surface area contributed by atoms with Gasteiger partial charge in [-0.05, 0) is 42.0 Å². The van der Waals surface area contributed by atoms with E-state index >= 15 is 0 Å². The second kappa shape index (κ2) is 10.3. The van der Waals surface area contributed by atoms with E-state index in [1.807, 2.05) is 24.3 Å². The van der Waals surface area contributed by atoms with Crippen LogP contribution in [0.15, 0.2) is 48.5 Å². The van der Waals surface area contributed by atoms with Crippen molar-refractivity contribution in [3.63, 3.8) is 0 Å². The molecular weight excluding hydrogens is 436 g/mol. The molecule has 2 amide bonds. The van der Waals surface area contributed by atoms with Gasteiger partial charge in [0.25, 0.3) is 0 Å². The highest BCUT2D eigenvalue weighted by molar-refractivity contribution is 5.81. The molecule has 0 saturated heterocycles. The van der Waals surface area contributed by atoms with E-state index in [1.54, 1.807) is 6.92 Å². The third kappa shape index (κ3) is 4.92. The van der Waals surface area contributed by atoms with Crippen molar-refractivity contribution in [1.82, 2.24) is 10.6 Å². The van der Waals surface area contributed by atoms with Gasteiger partial charge in [-0.15, -0.1) is 0 Å². The first-order valence-corrected chi connectivity index (χ1v) is 11.6. The Kier molecular flexibility index (Phi) is 7.17. The van der Waals surface area contributed by atoms with Gasteiger partial charge in [-0.25, -0.2) is 4.79 Å². The molecule has 2 atom stereocenters. The average Bonchev–Trinajstić information content (AvgIpc) is 3.36. The van der Waals surface area contributed by atoms with Crippen molar-refractivity contribution in [3.05, 3.63) is 59.7 Å². The van der Waals surface area contributed by atoms with E-state index in [-0.39, 0.29) is 38.2 Å². The zero-order valence-corrected chi connectivity index (χ0v) is 19.2. The second-order valence-electron chi connectivity index (χ2n) is 9.04. The number of carboxylic acids is 1. The second-order valence-corrected chi connectivity index (χ2v) is 9.04. The summed E-state index contributed by atoms with van der Waals surface area (Å²) in [5.74, 6) is -1.27. The van der Waals surface area contributed by atoms with Crippen LogP contribution in [0.5, 0.6) is 0 Å². The van der Waals surface area contributed by atoms with E-state index in [0.29, 0.717) is 12.8 Å². The largest absolute Gasteiger partial charge is 0.481 e. The van der Waals surface area contributed by atoms with E-state index in [0.717, 1.165) is 17.5 Å². The summed E-state index contributed by atoms with van der Waals surface area (Å²) in [5.41, 5.74) is 3.68. The number of aliphatic carboxylic acids is 1. The predicted molar refractivity (Wildman–Crippen MR) is 125 cm³/mol. The molecule has 8 heteroatoms. The van der Waals surface area contributed by atoms with Crippen LogP contribution in [0.3, 0.4) is 0 Å². The Morgan fingerprint density at radius 1 is 1.06 bits per heavy atom. The normalized spacial score (nSPS) is 20.9. The van der Waals surface area contributed by atoms with Crippen molar-refractivity contribution in [3.8, 4) is 11.1 Å². The molecule has 34 heavy (non-hydrogen) atoms. The highest BCUT2D eigenvalue weighted by Gasteiger charge is 2.45. The van der Waals surface area contributed by atoms with Crippen molar-refractivity contribution in [1.29, 1.82) is 0 Å². The van der Waals surface area contributed by atoms with E-state index in [4.69, 9.17) is 9.47 Å². The minimum atomic E-state index is -0.943. The standard InChI is InChI=1S/C26H30N2O6/c1-26(24(30)31)12-6-11-22(26)28-23(29)16-33-14-13-27-25(32)34-15-21-19-9-4-2-7-17(19)18-8-3-5-10-20(18)21/h2-5,7-10,21-22H,6,11-16H2,1H3,(H,27,32)(H,28,29)(H,30,31). The summed E-state index contributed by atoms with van der Waals surface area (Å²) in [6, 6.07) is 15.9. The lowest BCUT2D eigenvalue weighted by Crippen LogP contribution is -2.48. The fourth-order valence-corrected chi connectivity index (χ4v) is 4.93.